The number of nitrogens with one attached hydrogen (secondary N) is 1. The van der Waals surface area contributed by atoms with Crippen LogP contribution in [-0.4, -0.2) is 69.9 Å². The average Bonchev–Trinajstić information content (AvgIpc) is 3.50. The molecule has 0 bridgehead atoms. The number of amides is 1. The van der Waals surface area contributed by atoms with Crippen molar-refractivity contribution in [1.82, 2.24) is 24.2 Å². The summed E-state index contributed by atoms with van der Waals surface area (Å²) in [5.41, 5.74) is 3.79. The summed E-state index contributed by atoms with van der Waals surface area (Å²) in [6, 6.07) is 10.5. The number of fused-ring (bicyclic) bond motifs is 1. The van der Waals surface area contributed by atoms with E-state index >= 15 is 0 Å². The topological polar surface area (TPSA) is 98.8 Å². The zero-order valence-corrected chi connectivity index (χ0v) is 20.1. The molecular formula is C24H27N7O2S. The Balaban J connectivity index is 1.42. The predicted molar refractivity (Wildman–Crippen MR) is 132 cm³/mol. The first kappa shape index (κ1) is 22.5. The van der Waals surface area contributed by atoms with Gasteiger partial charge in [-0.05, 0) is 25.3 Å². The molecule has 2 fully saturated rings. The van der Waals surface area contributed by atoms with Gasteiger partial charge in [-0.25, -0.2) is 13.8 Å². The highest BCUT2D eigenvalue weighted by Gasteiger charge is 2.29. The summed E-state index contributed by atoms with van der Waals surface area (Å²) in [6.45, 7) is 6.61. The first-order valence-corrected chi connectivity index (χ1v) is 12.6. The summed E-state index contributed by atoms with van der Waals surface area (Å²) in [5, 5.41) is 16.8. The minimum atomic E-state index is -0.241. The van der Waals surface area contributed by atoms with Gasteiger partial charge in [-0.2, -0.15) is 10.4 Å². The van der Waals surface area contributed by atoms with Crippen molar-refractivity contribution in [2.24, 2.45) is 5.92 Å². The number of anilines is 1. The Hall–Kier alpha value is -3.29. The standard InChI is InChI=1S/C24H27N7O2S/c1-16(18-11-22(32)26-13-18)33-24-23-19(12-25)14-27-31(23)15-21(28-24)17-3-5-20(6-4-17)29-7-9-30(34-2)10-8-29/h3-6,14-16,18H,7-11,13H2,1-2H3,(H,26,32)/t16-,18-/m1/s1. The highest BCUT2D eigenvalue weighted by Crippen LogP contribution is 2.30. The number of carbonyl (C=O) groups excluding carboxylic acids is 1. The number of nitrogens with zero attached hydrogens (tertiary/aromatic N) is 6. The fourth-order valence-electron chi connectivity index (χ4n) is 4.49. The lowest BCUT2D eigenvalue weighted by Crippen LogP contribution is -2.43. The van der Waals surface area contributed by atoms with E-state index in [9.17, 15) is 10.1 Å². The summed E-state index contributed by atoms with van der Waals surface area (Å²) in [6.07, 6.45) is 5.65. The van der Waals surface area contributed by atoms with Crippen LogP contribution in [0.1, 0.15) is 18.9 Å². The maximum atomic E-state index is 11.6. The van der Waals surface area contributed by atoms with Gasteiger partial charge < -0.3 is 15.0 Å². The Bertz CT molecular complexity index is 1230. The SMILES string of the molecule is CSN1CCN(c2ccc(-c3cn4ncc(C#N)c4c(O[C@H](C)[C@H]4CNC(=O)C4)n3)cc2)CC1. The minimum Gasteiger partial charge on any atom is -0.473 e. The number of ether oxygens (including phenoxy) is 1. The van der Waals surface area contributed by atoms with Gasteiger partial charge in [-0.1, -0.05) is 24.1 Å². The van der Waals surface area contributed by atoms with Crippen LogP contribution >= 0.6 is 11.9 Å². The Kier molecular flexibility index (Phi) is 6.30. The smallest absolute Gasteiger partial charge is 0.242 e. The monoisotopic (exact) mass is 477 g/mol. The predicted octanol–water partition coefficient (Wildman–Crippen LogP) is 2.57. The van der Waals surface area contributed by atoms with Crippen LogP contribution < -0.4 is 15.0 Å². The highest BCUT2D eigenvalue weighted by molar-refractivity contribution is 7.96. The van der Waals surface area contributed by atoms with Crippen molar-refractivity contribution in [3.05, 3.63) is 42.2 Å². The summed E-state index contributed by atoms with van der Waals surface area (Å²) in [4.78, 5) is 18.8. The Morgan fingerprint density at radius 3 is 2.65 bits per heavy atom. The molecule has 2 aliphatic heterocycles. The largest absolute Gasteiger partial charge is 0.473 e. The number of hydrogen-bond donors (Lipinski definition) is 1. The molecule has 1 aromatic carbocycles. The zero-order chi connectivity index (χ0) is 23.7. The number of benzene rings is 1. The summed E-state index contributed by atoms with van der Waals surface area (Å²) < 4.78 is 10.3. The normalized spacial score (nSPS) is 19.7. The Morgan fingerprint density at radius 1 is 1.24 bits per heavy atom. The van der Waals surface area contributed by atoms with E-state index < -0.39 is 0 Å². The number of carbonyl (C=O) groups is 1. The van der Waals surface area contributed by atoms with Gasteiger partial charge in [0.05, 0.1) is 18.1 Å². The van der Waals surface area contributed by atoms with E-state index in [0.717, 1.165) is 31.7 Å². The lowest BCUT2D eigenvalue weighted by molar-refractivity contribution is -0.119. The van der Waals surface area contributed by atoms with Gasteiger partial charge in [-0.3, -0.25) is 4.79 Å². The van der Waals surface area contributed by atoms with Crippen molar-refractivity contribution in [2.75, 3.05) is 43.9 Å². The van der Waals surface area contributed by atoms with Gasteiger partial charge in [-0.15, -0.1) is 0 Å². The fraction of sp³-hybridized carbons (Fsp3) is 0.417. The summed E-state index contributed by atoms with van der Waals surface area (Å²) in [5.74, 6) is 0.442. The quantitative estimate of drug-likeness (QED) is 0.541. The van der Waals surface area contributed by atoms with E-state index in [4.69, 9.17) is 9.72 Å². The van der Waals surface area contributed by atoms with Crippen LogP contribution in [0.2, 0.25) is 0 Å². The maximum absolute atomic E-state index is 11.6. The molecule has 0 saturated carbocycles. The molecule has 1 N–H and O–H groups in total. The van der Waals surface area contributed by atoms with E-state index in [-0.39, 0.29) is 17.9 Å². The van der Waals surface area contributed by atoms with E-state index in [1.165, 1.54) is 11.9 Å². The molecule has 9 nitrogen and oxygen atoms in total. The highest BCUT2D eigenvalue weighted by atomic mass is 32.2. The molecule has 2 atom stereocenters. The molecule has 0 aliphatic carbocycles. The molecule has 0 radical (unpaired) electrons. The van der Waals surface area contributed by atoms with Gasteiger partial charge >= 0.3 is 0 Å². The van der Waals surface area contributed by atoms with Crippen LogP contribution in [0.3, 0.4) is 0 Å². The first-order valence-electron chi connectivity index (χ1n) is 11.4. The van der Waals surface area contributed by atoms with Crippen molar-refractivity contribution in [3.8, 4) is 23.2 Å². The number of nitriles is 1. The van der Waals surface area contributed by atoms with Crippen molar-refractivity contribution in [3.63, 3.8) is 0 Å². The third-order valence-corrected chi connectivity index (χ3v) is 7.46. The molecule has 3 aromatic rings. The van der Waals surface area contributed by atoms with Crippen LogP contribution in [0.4, 0.5) is 5.69 Å². The van der Waals surface area contributed by atoms with Crippen LogP contribution in [0.25, 0.3) is 16.8 Å². The Morgan fingerprint density at radius 2 is 2.00 bits per heavy atom. The number of rotatable bonds is 6. The second-order valence-corrected chi connectivity index (χ2v) is 9.51. The third-order valence-electron chi connectivity index (χ3n) is 6.58. The number of piperazine rings is 1. The van der Waals surface area contributed by atoms with Crippen LogP contribution in [-0.2, 0) is 4.79 Å². The number of aromatic nitrogens is 3. The molecule has 34 heavy (non-hydrogen) atoms. The molecule has 10 heteroatoms. The van der Waals surface area contributed by atoms with Gasteiger partial charge in [0, 0.05) is 56.3 Å². The molecule has 4 heterocycles. The average molecular weight is 478 g/mol. The molecule has 0 spiro atoms. The van der Waals surface area contributed by atoms with Crippen molar-refractivity contribution < 1.29 is 9.53 Å². The van der Waals surface area contributed by atoms with Crippen molar-refractivity contribution in [1.29, 1.82) is 5.26 Å². The lowest BCUT2D eigenvalue weighted by Gasteiger charge is -2.34. The van der Waals surface area contributed by atoms with Crippen LogP contribution in [0, 0.1) is 17.2 Å². The summed E-state index contributed by atoms with van der Waals surface area (Å²) in [7, 11) is 0. The maximum Gasteiger partial charge on any atom is 0.242 e. The van der Waals surface area contributed by atoms with E-state index in [1.54, 1.807) is 16.5 Å². The zero-order valence-electron chi connectivity index (χ0n) is 19.3. The van der Waals surface area contributed by atoms with Crippen LogP contribution in [0.5, 0.6) is 5.88 Å². The number of hydrogen-bond acceptors (Lipinski definition) is 8. The summed E-state index contributed by atoms with van der Waals surface area (Å²) >= 11 is 1.80. The fourth-order valence-corrected chi connectivity index (χ4v) is 5.02. The van der Waals surface area contributed by atoms with Gasteiger partial charge in [0.1, 0.15) is 23.3 Å². The third kappa shape index (κ3) is 4.41. The minimum absolute atomic E-state index is 0.0318. The van der Waals surface area contributed by atoms with E-state index in [0.29, 0.717) is 35.6 Å². The van der Waals surface area contributed by atoms with E-state index in [1.807, 2.05) is 13.1 Å². The molecular weight excluding hydrogens is 450 g/mol. The molecule has 176 valence electrons. The van der Waals surface area contributed by atoms with Crippen molar-refractivity contribution >= 4 is 29.1 Å². The molecule has 2 aromatic heterocycles. The molecule has 2 saturated heterocycles. The molecule has 0 unspecified atom stereocenters. The lowest BCUT2D eigenvalue weighted by atomic mass is 10.0. The molecule has 2 aliphatic rings. The van der Waals surface area contributed by atoms with Gasteiger partial charge in [0.15, 0.2) is 0 Å². The van der Waals surface area contributed by atoms with Crippen molar-refractivity contribution in [2.45, 2.75) is 19.4 Å². The second-order valence-electron chi connectivity index (χ2n) is 8.63. The van der Waals surface area contributed by atoms with Crippen LogP contribution in [0.15, 0.2) is 36.7 Å². The van der Waals surface area contributed by atoms with E-state index in [2.05, 4.69) is 56.2 Å². The molecule has 1 amide bonds. The Labute approximate surface area is 202 Å². The van der Waals surface area contributed by atoms with Gasteiger partial charge in [0.2, 0.25) is 11.8 Å². The van der Waals surface area contributed by atoms with Gasteiger partial charge in [0.25, 0.3) is 0 Å². The first-order chi connectivity index (χ1) is 16.6. The molecule has 5 rings (SSSR count). The second kappa shape index (κ2) is 9.52.